The highest BCUT2D eigenvalue weighted by Gasteiger charge is 2.34. The highest BCUT2D eigenvalue weighted by molar-refractivity contribution is 6.23. The van der Waals surface area contributed by atoms with Crippen molar-refractivity contribution in [3.05, 3.63) is 47.3 Å². The van der Waals surface area contributed by atoms with Crippen LogP contribution in [0.5, 0.6) is 17.2 Å². The molecule has 27 heavy (non-hydrogen) atoms. The fourth-order valence-electron chi connectivity index (χ4n) is 3.14. The minimum absolute atomic E-state index is 0.161. The molecule has 7 heteroatoms. The zero-order chi connectivity index (χ0) is 19.1. The van der Waals surface area contributed by atoms with E-state index in [1.54, 1.807) is 24.3 Å². The van der Waals surface area contributed by atoms with Gasteiger partial charge >= 0.3 is 0 Å². The molecule has 0 amide bonds. The summed E-state index contributed by atoms with van der Waals surface area (Å²) in [5.74, 6) is 1.01. The van der Waals surface area contributed by atoms with E-state index < -0.39 is 0 Å². The largest absolute Gasteiger partial charge is 0.493 e. The van der Waals surface area contributed by atoms with E-state index in [9.17, 15) is 9.59 Å². The van der Waals surface area contributed by atoms with E-state index in [4.69, 9.17) is 14.2 Å². The Bertz CT molecular complexity index is 967. The van der Waals surface area contributed by atoms with Gasteiger partial charge in [-0.1, -0.05) is 0 Å². The highest BCUT2D eigenvalue weighted by atomic mass is 16.5. The van der Waals surface area contributed by atoms with E-state index >= 15 is 0 Å². The number of carbonyl (C=O) groups is 2. The van der Waals surface area contributed by atoms with Gasteiger partial charge < -0.3 is 19.1 Å². The smallest absolute Gasteiger partial charge is 0.211 e. The molecule has 7 nitrogen and oxygen atoms in total. The van der Waals surface area contributed by atoms with Crippen LogP contribution in [-0.4, -0.2) is 55.9 Å². The first kappa shape index (κ1) is 17.1. The van der Waals surface area contributed by atoms with Crippen LogP contribution in [0.1, 0.15) is 20.8 Å². The van der Waals surface area contributed by atoms with E-state index in [1.807, 2.05) is 4.90 Å². The fraction of sp³-hybridized carbons (Fsp3) is 0.250. The first-order chi connectivity index (χ1) is 13.1. The fourth-order valence-corrected chi connectivity index (χ4v) is 3.14. The SMILES string of the molecule is COc1cc(-c2ccc3c(n2)C(=O)C=C(N2CC2)C3=O)cc(OC)c1OC. The maximum Gasteiger partial charge on any atom is 0.211 e. The number of hydrogen-bond acceptors (Lipinski definition) is 7. The Labute approximate surface area is 156 Å². The van der Waals surface area contributed by atoms with Crippen molar-refractivity contribution in [3.63, 3.8) is 0 Å². The number of methoxy groups -OCH3 is 3. The summed E-state index contributed by atoms with van der Waals surface area (Å²) in [7, 11) is 4.59. The summed E-state index contributed by atoms with van der Waals surface area (Å²) in [5, 5.41) is 0. The number of pyridine rings is 1. The quantitative estimate of drug-likeness (QED) is 0.752. The minimum atomic E-state index is -0.263. The standard InChI is InChI=1S/C20H18N2O5/c1-25-16-8-11(9-17(26-2)20(16)27-3)13-5-4-12-18(21-13)15(23)10-14(19(12)24)22-6-7-22/h4-5,8-10H,6-7H2,1-3H3. The molecule has 1 aliphatic carbocycles. The number of ether oxygens (including phenoxy) is 3. The van der Waals surface area contributed by atoms with Gasteiger partial charge in [0.1, 0.15) is 5.69 Å². The first-order valence-corrected chi connectivity index (χ1v) is 8.44. The normalized spacial score (nSPS) is 15.2. The predicted molar refractivity (Wildman–Crippen MR) is 97.6 cm³/mol. The average Bonchev–Trinajstić information content (AvgIpc) is 3.54. The van der Waals surface area contributed by atoms with Crippen LogP contribution < -0.4 is 14.2 Å². The van der Waals surface area contributed by atoms with Crippen molar-refractivity contribution < 1.29 is 23.8 Å². The summed E-state index contributed by atoms with van der Waals surface area (Å²) in [4.78, 5) is 31.5. The maximum atomic E-state index is 12.6. The van der Waals surface area contributed by atoms with E-state index in [0.717, 1.165) is 13.1 Å². The third-order valence-corrected chi connectivity index (χ3v) is 4.62. The number of benzene rings is 1. The molecule has 0 radical (unpaired) electrons. The summed E-state index contributed by atoms with van der Waals surface area (Å²) in [6.45, 7) is 1.61. The van der Waals surface area contributed by atoms with Gasteiger partial charge in [-0.2, -0.15) is 0 Å². The van der Waals surface area contributed by atoms with Gasteiger partial charge in [0.2, 0.25) is 17.3 Å². The molecular weight excluding hydrogens is 348 g/mol. The van der Waals surface area contributed by atoms with E-state index in [1.165, 1.54) is 27.4 Å². The first-order valence-electron chi connectivity index (χ1n) is 8.44. The molecule has 0 N–H and O–H groups in total. The molecule has 0 unspecified atom stereocenters. The van der Waals surface area contributed by atoms with Crippen molar-refractivity contribution in [1.29, 1.82) is 0 Å². The molecule has 0 spiro atoms. The van der Waals surface area contributed by atoms with Crippen LogP contribution in [0, 0.1) is 0 Å². The summed E-state index contributed by atoms with van der Waals surface area (Å²) in [6, 6.07) is 6.87. The molecule has 1 saturated heterocycles. The molecule has 1 aromatic carbocycles. The molecule has 0 bridgehead atoms. The van der Waals surface area contributed by atoms with E-state index in [0.29, 0.717) is 39.8 Å². The van der Waals surface area contributed by atoms with Gasteiger partial charge in [0.25, 0.3) is 0 Å². The Kier molecular flexibility index (Phi) is 4.07. The Morgan fingerprint density at radius 1 is 0.963 bits per heavy atom. The molecule has 0 saturated carbocycles. The Morgan fingerprint density at radius 2 is 1.63 bits per heavy atom. The Hall–Kier alpha value is -3.35. The van der Waals surface area contributed by atoms with Crippen LogP contribution in [0.3, 0.4) is 0 Å². The number of rotatable bonds is 5. The number of aromatic nitrogens is 1. The van der Waals surface area contributed by atoms with Gasteiger partial charge in [-0.05, 0) is 24.3 Å². The second-order valence-corrected chi connectivity index (χ2v) is 6.22. The maximum absolute atomic E-state index is 12.6. The summed E-state index contributed by atoms with van der Waals surface area (Å²) in [5.41, 5.74) is 2.18. The molecule has 138 valence electrons. The minimum Gasteiger partial charge on any atom is -0.493 e. The summed E-state index contributed by atoms with van der Waals surface area (Å²) in [6.07, 6.45) is 1.38. The lowest BCUT2D eigenvalue weighted by Crippen LogP contribution is -2.22. The van der Waals surface area contributed by atoms with Crippen molar-refractivity contribution in [2.45, 2.75) is 0 Å². The lowest BCUT2D eigenvalue weighted by Gasteiger charge is -2.17. The summed E-state index contributed by atoms with van der Waals surface area (Å²) >= 11 is 0. The monoisotopic (exact) mass is 366 g/mol. The van der Waals surface area contributed by atoms with Crippen molar-refractivity contribution in [3.8, 4) is 28.5 Å². The third-order valence-electron chi connectivity index (χ3n) is 4.62. The van der Waals surface area contributed by atoms with Crippen LogP contribution in [0.15, 0.2) is 36.0 Å². The zero-order valence-corrected chi connectivity index (χ0v) is 15.2. The topological polar surface area (TPSA) is 77.7 Å². The lowest BCUT2D eigenvalue weighted by molar-refractivity contribution is 0.0967. The number of hydrogen-bond donors (Lipinski definition) is 0. The van der Waals surface area contributed by atoms with Crippen molar-refractivity contribution in [1.82, 2.24) is 9.88 Å². The Balaban J connectivity index is 1.79. The Morgan fingerprint density at radius 3 is 2.19 bits per heavy atom. The van der Waals surface area contributed by atoms with Gasteiger partial charge in [-0.15, -0.1) is 0 Å². The second-order valence-electron chi connectivity index (χ2n) is 6.22. The van der Waals surface area contributed by atoms with Crippen molar-refractivity contribution in [2.24, 2.45) is 0 Å². The van der Waals surface area contributed by atoms with Crippen LogP contribution in [0.4, 0.5) is 0 Å². The number of ketones is 2. The number of nitrogens with zero attached hydrogens (tertiary/aromatic N) is 2. The van der Waals surface area contributed by atoms with Gasteiger partial charge in [0, 0.05) is 24.7 Å². The number of allylic oxidation sites excluding steroid dienone is 2. The average molecular weight is 366 g/mol. The molecule has 0 atom stereocenters. The molecule has 4 rings (SSSR count). The zero-order valence-electron chi connectivity index (χ0n) is 15.2. The van der Waals surface area contributed by atoms with Gasteiger partial charge in [-0.3, -0.25) is 9.59 Å². The molecular formula is C20H18N2O5. The van der Waals surface area contributed by atoms with Crippen molar-refractivity contribution in [2.75, 3.05) is 34.4 Å². The predicted octanol–water partition coefficient (Wildman–Crippen LogP) is 2.35. The lowest BCUT2D eigenvalue weighted by atomic mass is 9.95. The van der Waals surface area contributed by atoms with E-state index in [2.05, 4.69) is 4.98 Å². The summed E-state index contributed by atoms with van der Waals surface area (Å²) < 4.78 is 16.1. The van der Waals surface area contributed by atoms with Crippen LogP contribution in [-0.2, 0) is 0 Å². The second kappa shape index (κ2) is 6.42. The molecule has 1 fully saturated rings. The van der Waals surface area contributed by atoms with Gasteiger partial charge in [0.15, 0.2) is 11.5 Å². The van der Waals surface area contributed by atoms with Gasteiger partial charge in [0.05, 0.1) is 38.3 Å². The molecule has 2 heterocycles. The molecule has 1 aromatic heterocycles. The molecule has 2 aliphatic rings. The molecule has 1 aliphatic heterocycles. The highest BCUT2D eigenvalue weighted by Crippen LogP contribution is 2.41. The number of fused-ring (bicyclic) bond motifs is 1. The van der Waals surface area contributed by atoms with Crippen molar-refractivity contribution >= 4 is 11.6 Å². The number of Topliss-reactive ketones (excluding diaryl/α,β-unsaturated/α-hetero) is 1. The number of carbonyl (C=O) groups excluding carboxylic acids is 2. The third kappa shape index (κ3) is 2.81. The van der Waals surface area contributed by atoms with Crippen LogP contribution in [0.25, 0.3) is 11.3 Å². The van der Waals surface area contributed by atoms with Gasteiger partial charge in [-0.25, -0.2) is 4.98 Å². The molecule has 2 aromatic rings. The van der Waals surface area contributed by atoms with Crippen LogP contribution >= 0.6 is 0 Å². The van der Waals surface area contributed by atoms with E-state index in [-0.39, 0.29) is 17.3 Å². The van der Waals surface area contributed by atoms with Crippen LogP contribution in [0.2, 0.25) is 0 Å².